The molecule has 4 rings (SSSR count). The van der Waals surface area contributed by atoms with Crippen LogP contribution in [0.5, 0.6) is 0 Å². The van der Waals surface area contributed by atoms with Crippen molar-refractivity contribution < 1.29 is 8.81 Å². The van der Waals surface area contributed by atoms with Crippen molar-refractivity contribution in [3.63, 3.8) is 0 Å². The minimum Gasteiger partial charge on any atom is -0.418 e. The van der Waals surface area contributed by atoms with Crippen molar-refractivity contribution in [1.29, 1.82) is 0 Å². The first-order valence-electron chi connectivity index (χ1n) is 9.19. The summed E-state index contributed by atoms with van der Waals surface area (Å²) in [5, 5.41) is 12.2. The zero-order valence-electron chi connectivity index (χ0n) is 16.0. The summed E-state index contributed by atoms with van der Waals surface area (Å²) in [5.41, 5.74) is 4.55. The van der Waals surface area contributed by atoms with Gasteiger partial charge < -0.3 is 9.73 Å². The molecule has 4 nitrogen and oxygen atoms in total. The van der Waals surface area contributed by atoms with Crippen LogP contribution in [0.2, 0.25) is 5.02 Å². The first kappa shape index (κ1) is 19.2. The fourth-order valence-electron chi connectivity index (χ4n) is 3.10. The van der Waals surface area contributed by atoms with E-state index in [4.69, 9.17) is 16.0 Å². The van der Waals surface area contributed by atoms with Gasteiger partial charge in [-0.1, -0.05) is 48.0 Å². The number of nitrogens with zero attached hydrogens (tertiary/aromatic N) is 2. The van der Waals surface area contributed by atoms with Crippen molar-refractivity contribution in [2.75, 3.05) is 5.32 Å². The van der Waals surface area contributed by atoms with Gasteiger partial charge in [0.1, 0.15) is 11.9 Å². The Kier molecular flexibility index (Phi) is 5.32. The van der Waals surface area contributed by atoms with Crippen LogP contribution in [0.3, 0.4) is 0 Å². The van der Waals surface area contributed by atoms with E-state index in [1.54, 1.807) is 6.07 Å². The molecule has 0 spiro atoms. The molecule has 0 fully saturated rings. The quantitative estimate of drug-likeness (QED) is 0.419. The molecule has 1 heterocycles. The highest BCUT2D eigenvalue weighted by molar-refractivity contribution is 6.31. The van der Waals surface area contributed by atoms with Gasteiger partial charge in [-0.25, -0.2) is 4.39 Å². The average molecular weight is 408 g/mol. The minimum atomic E-state index is -0.534. The largest absolute Gasteiger partial charge is 0.418 e. The predicted octanol–water partition coefficient (Wildman–Crippen LogP) is 6.35. The number of rotatable bonds is 5. The lowest BCUT2D eigenvalue weighted by Crippen LogP contribution is -2.14. The van der Waals surface area contributed by atoms with Crippen LogP contribution in [0, 0.1) is 19.7 Å². The first-order chi connectivity index (χ1) is 14.0. The summed E-state index contributed by atoms with van der Waals surface area (Å²) in [7, 11) is 0. The SMILES string of the molecule is Cc1ccc(C)c(N[C@@H](c2nnc(-c3ccccc3)o2)c2ccc(F)cc2Cl)c1. The minimum absolute atomic E-state index is 0.285. The van der Waals surface area contributed by atoms with E-state index in [1.165, 1.54) is 12.1 Å². The summed E-state index contributed by atoms with van der Waals surface area (Å²) < 4.78 is 19.6. The van der Waals surface area contributed by atoms with Crippen LogP contribution in [0.4, 0.5) is 10.1 Å². The van der Waals surface area contributed by atoms with Crippen LogP contribution >= 0.6 is 11.6 Å². The third-order valence-electron chi connectivity index (χ3n) is 4.67. The summed E-state index contributed by atoms with van der Waals surface area (Å²) in [6.45, 7) is 4.03. The zero-order valence-corrected chi connectivity index (χ0v) is 16.7. The standard InChI is InChI=1S/C23H19ClFN3O/c1-14-8-9-15(2)20(12-14)26-21(18-11-10-17(25)13-19(18)24)23-28-27-22(29-23)16-6-4-3-5-7-16/h3-13,21,26H,1-2H3/t21-/m1/s1. The van der Waals surface area contributed by atoms with Crippen molar-refractivity contribution in [2.24, 2.45) is 0 Å². The van der Waals surface area contributed by atoms with E-state index in [-0.39, 0.29) is 5.02 Å². The van der Waals surface area contributed by atoms with E-state index in [2.05, 4.69) is 15.5 Å². The van der Waals surface area contributed by atoms with Gasteiger partial charge in [0.05, 0.1) is 0 Å². The number of hydrogen-bond donors (Lipinski definition) is 1. The number of benzene rings is 3. The molecule has 1 N–H and O–H groups in total. The maximum Gasteiger partial charge on any atom is 0.247 e. The Hall–Kier alpha value is -3.18. The Morgan fingerprint density at radius 2 is 1.76 bits per heavy atom. The molecular formula is C23H19ClFN3O. The fraction of sp³-hybridized carbons (Fsp3) is 0.130. The van der Waals surface area contributed by atoms with Crippen LogP contribution in [-0.2, 0) is 0 Å². The van der Waals surface area contributed by atoms with Gasteiger partial charge in [0, 0.05) is 21.8 Å². The summed E-state index contributed by atoms with van der Waals surface area (Å²) in [6, 6.07) is 19.4. The third kappa shape index (κ3) is 4.15. The molecule has 0 saturated heterocycles. The predicted molar refractivity (Wildman–Crippen MR) is 113 cm³/mol. The maximum absolute atomic E-state index is 13.6. The molecule has 0 aliphatic heterocycles. The number of halogens is 2. The molecule has 0 aliphatic rings. The molecule has 0 radical (unpaired) electrons. The van der Waals surface area contributed by atoms with Gasteiger partial charge in [0.15, 0.2) is 0 Å². The topological polar surface area (TPSA) is 51.0 Å². The van der Waals surface area contributed by atoms with Gasteiger partial charge in [-0.15, -0.1) is 10.2 Å². The Bertz CT molecular complexity index is 1140. The summed E-state index contributed by atoms with van der Waals surface area (Å²) in [5.74, 6) is 0.351. The molecule has 0 saturated carbocycles. The second kappa shape index (κ2) is 8.05. The summed E-state index contributed by atoms with van der Waals surface area (Å²) in [6.07, 6.45) is 0. The number of hydrogen-bond acceptors (Lipinski definition) is 4. The van der Waals surface area contributed by atoms with Crippen molar-refractivity contribution in [3.8, 4) is 11.5 Å². The van der Waals surface area contributed by atoms with Crippen molar-refractivity contribution in [1.82, 2.24) is 10.2 Å². The molecule has 1 aromatic heterocycles. The number of aryl methyl sites for hydroxylation is 2. The molecule has 0 bridgehead atoms. The highest BCUT2D eigenvalue weighted by Crippen LogP contribution is 2.33. The zero-order chi connectivity index (χ0) is 20.4. The van der Waals surface area contributed by atoms with E-state index in [0.717, 1.165) is 22.4 Å². The van der Waals surface area contributed by atoms with Gasteiger partial charge >= 0.3 is 0 Å². The van der Waals surface area contributed by atoms with Gasteiger partial charge in [0.25, 0.3) is 0 Å². The van der Waals surface area contributed by atoms with Gasteiger partial charge in [0.2, 0.25) is 11.8 Å². The molecule has 29 heavy (non-hydrogen) atoms. The number of nitrogens with one attached hydrogen (secondary N) is 1. The lowest BCUT2D eigenvalue weighted by atomic mass is 10.0. The van der Waals surface area contributed by atoms with Crippen LogP contribution in [0.15, 0.2) is 71.1 Å². The Balaban J connectivity index is 1.78. The van der Waals surface area contributed by atoms with Crippen LogP contribution in [0.1, 0.15) is 28.6 Å². The monoisotopic (exact) mass is 407 g/mol. The van der Waals surface area contributed by atoms with Gasteiger partial charge in [-0.05, 0) is 55.3 Å². The lowest BCUT2D eigenvalue weighted by molar-refractivity contribution is 0.493. The normalized spacial score (nSPS) is 12.0. The number of anilines is 1. The average Bonchev–Trinajstić information content (AvgIpc) is 3.20. The second-order valence-electron chi connectivity index (χ2n) is 6.87. The highest BCUT2D eigenvalue weighted by atomic mass is 35.5. The Morgan fingerprint density at radius 1 is 0.966 bits per heavy atom. The van der Waals surface area contributed by atoms with Crippen LogP contribution in [0.25, 0.3) is 11.5 Å². The van der Waals surface area contributed by atoms with Gasteiger partial charge in [-0.2, -0.15) is 0 Å². The van der Waals surface area contributed by atoms with Crippen LogP contribution < -0.4 is 5.32 Å². The van der Waals surface area contributed by atoms with E-state index in [0.29, 0.717) is 17.3 Å². The van der Waals surface area contributed by atoms with Crippen molar-refractivity contribution in [3.05, 3.63) is 100 Å². The highest BCUT2D eigenvalue weighted by Gasteiger charge is 2.24. The Morgan fingerprint density at radius 3 is 2.52 bits per heavy atom. The van der Waals surface area contributed by atoms with Crippen molar-refractivity contribution >= 4 is 17.3 Å². The smallest absolute Gasteiger partial charge is 0.247 e. The van der Waals surface area contributed by atoms with E-state index >= 15 is 0 Å². The van der Waals surface area contributed by atoms with E-state index < -0.39 is 11.9 Å². The Labute approximate surface area is 173 Å². The molecule has 146 valence electrons. The fourth-order valence-corrected chi connectivity index (χ4v) is 3.38. The third-order valence-corrected chi connectivity index (χ3v) is 5.00. The van der Waals surface area contributed by atoms with Crippen LogP contribution in [-0.4, -0.2) is 10.2 Å². The summed E-state index contributed by atoms with van der Waals surface area (Å²) >= 11 is 6.37. The molecule has 6 heteroatoms. The molecule has 0 amide bonds. The van der Waals surface area contributed by atoms with Gasteiger partial charge in [-0.3, -0.25) is 0 Å². The second-order valence-corrected chi connectivity index (χ2v) is 7.28. The summed E-state index contributed by atoms with van der Waals surface area (Å²) in [4.78, 5) is 0. The van der Waals surface area contributed by atoms with E-state index in [1.807, 2.05) is 62.4 Å². The molecule has 4 aromatic rings. The molecule has 3 aromatic carbocycles. The molecule has 0 aliphatic carbocycles. The molecule has 1 atom stereocenters. The van der Waals surface area contributed by atoms with E-state index in [9.17, 15) is 4.39 Å². The lowest BCUT2D eigenvalue weighted by Gasteiger charge is -2.20. The first-order valence-corrected chi connectivity index (χ1v) is 9.56. The molecular weight excluding hydrogens is 389 g/mol. The molecule has 0 unspecified atom stereocenters. The maximum atomic E-state index is 13.6. The number of aromatic nitrogens is 2. The van der Waals surface area contributed by atoms with Crippen molar-refractivity contribution in [2.45, 2.75) is 19.9 Å².